The lowest BCUT2D eigenvalue weighted by atomic mass is 10.1. The second-order valence-corrected chi connectivity index (χ2v) is 4.37. The summed E-state index contributed by atoms with van der Waals surface area (Å²) in [6.45, 7) is 0. The maximum Gasteiger partial charge on any atom is 0.327 e. The first-order chi connectivity index (χ1) is 8.15. The lowest BCUT2D eigenvalue weighted by Crippen LogP contribution is -2.42. The van der Waals surface area contributed by atoms with Crippen molar-refractivity contribution in [2.75, 3.05) is 10.7 Å². The molecular weight excluding hydrogens is 238 g/mol. The van der Waals surface area contributed by atoms with E-state index in [1.54, 1.807) is 6.07 Å². The topological polar surface area (TPSA) is 57.6 Å². The largest absolute Gasteiger partial charge is 0.480 e. The van der Waals surface area contributed by atoms with Gasteiger partial charge in [-0.05, 0) is 17.4 Å². The van der Waals surface area contributed by atoms with Crippen LogP contribution in [0.3, 0.4) is 0 Å². The minimum Gasteiger partial charge on any atom is -0.480 e. The number of thiol groups is 1. The maximum absolute atomic E-state index is 11.9. The maximum atomic E-state index is 11.9. The number of hydrogen-bond donors (Lipinski definition) is 2. The summed E-state index contributed by atoms with van der Waals surface area (Å²) >= 11 is 4.01. The van der Waals surface area contributed by atoms with Crippen LogP contribution in [0.5, 0.6) is 0 Å². The van der Waals surface area contributed by atoms with Gasteiger partial charge in [-0.15, -0.1) is 0 Å². The lowest BCUT2D eigenvalue weighted by Gasteiger charge is -2.22. The van der Waals surface area contributed by atoms with E-state index in [-0.39, 0.29) is 12.3 Å². The van der Waals surface area contributed by atoms with Gasteiger partial charge in [-0.1, -0.05) is 18.2 Å². The Bertz CT molecular complexity index is 461. The first kappa shape index (κ1) is 12.0. The van der Waals surface area contributed by atoms with Crippen molar-refractivity contribution in [2.45, 2.75) is 18.9 Å². The van der Waals surface area contributed by atoms with Crippen molar-refractivity contribution < 1.29 is 14.7 Å². The van der Waals surface area contributed by atoms with Gasteiger partial charge in [0.1, 0.15) is 6.04 Å². The molecular formula is C12H13NO3S. The molecule has 0 bridgehead atoms. The zero-order valence-electron chi connectivity index (χ0n) is 9.17. The number of para-hydroxylation sites is 1. The molecule has 0 saturated heterocycles. The molecule has 1 N–H and O–H groups in total. The molecule has 1 atom stereocenters. The zero-order valence-corrected chi connectivity index (χ0v) is 10.1. The number of nitrogens with zero attached hydrogens (tertiary/aromatic N) is 1. The fourth-order valence-electron chi connectivity index (χ4n) is 2.11. The summed E-state index contributed by atoms with van der Waals surface area (Å²) in [5, 5.41) is 9.16. The summed E-state index contributed by atoms with van der Waals surface area (Å²) in [5.74, 6) is -0.727. The van der Waals surface area contributed by atoms with Crippen molar-refractivity contribution in [3.05, 3.63) is 29.8 Å². The van der Waals surface area contributed by atoms with Crippen LogP contribution in [0.25, 0.3) is 0 Å². The molecule has 0 spiro atoms. The van der Waals surface area contributed by atoms with Gasteiger partial charge in [-0.3, -0.25) is 9.69 Å². The van der Waals surface area contributed by atoms with E-state index in [9.17, 15) is 9.59 Å². The smallest absolute Gasteiger partial charge is 0.327 e. The highest BCUT2D eigenvalue weighted by Gasteiger charge is 2.37. The molecule has 1 aliphatic heterocycles. The number of carbonyl (C=O) groups is 2. The van der Waals surface area contributed by atoms with E-state index in [0.29, 0.717) is 17.9 Å². The number of anilines is 1. The third-order valence-corrected chi connectivity index (χ3v) is 3.08. The molecule has 4 nitrogen and oxygen atoms in total. The predicted molar refractivity (Wildman–Crippen MR) is 67.5 cm³/mol. The molecule has 0 fully saturated rings. The van der Waals surface area contributed by atoms with Gasteiger partial charge in [-0.2, -0.15) is 12.6 Å². The number of rotatable bonds is 3. The SMILES string of the molecule is O=C(O)[C@@H]1Cc2ccccc2N1C(=O)CCS. The summed E-state index contributed by atoms with van der Waals surface area (Å²) in [4.78, 5) is 24.5. The molecule has 2 rings (SSSR count). The summed E-state index contributed by atoms with van der Waals surface area (Å²) in [6.07, 6.45) is 0.630. The van der Waals surface area contributed by atoms with E-state index < -0.39 is 12.0 Å². The Morgan fingerprint density at radius 3 is 2.76 bits per heavy atom. The van der Waals surface area contributed by atoms with Gasteiger partial charge in [0.2, 0.25) is 5.91 Å². The quantitative estimate of drug-likeness (QED) is 0.797. The van der Waals surface area contributed by atoms with Crippen molar-refractivity contribution in [3.8, 4) is 0 Å². The van der Waals surface area contributed by atoms with Crippen LogP contribution in [0.1, 0.15) is 12.0 Å². The first-order valence-corrected chi connectivity index (χ1v) is 6.02. The van der Waals surface area contributed by atoms with Gasteiger partial charge >= 0.3 is 5.97 Å². The summed E-state index contributed by atoms with van der Waals surface area (Å²) in [7, 11) is 0. The van der Waals surface area contributed by atoms with Crippen LogP contribution < -0.4 is 4.90 Å². The number of amides is 1. The number of aliphatic carboxylic acids is 1. The number of carboxylic acid groups (broad SMARTS) is 1. The Morgan fingerprint density at radius 1 is 1.41 bits per heavy atom. The minimum atomic E-state index is -0.964. The average molecular weight is 251 g/mol. The Hall–Kier alpha value is -1.49. The molecule has 1 aromatic carbocycles. The standard InChI is InChI=1S/C12H13NO3S/c14-11(5-6-17)13-9-4-2-1-3-8(9)7-10(13)12(15)16/h1-4,10,17H,5-7H2,(H,15,16)/t10-/m0/s1. The molecule has 0 aromatic heterocycles. The van der Waals surface area contributed by atoms with Gasteiger partial charge < -0.3 is 5.11 Å². The number of fused-ring (bicyclic) bond motifs is 1. The molecule has 1 heterocycles. The van der Waals surface area contributed by atoms with Crippen LogP contribution in [-0.2, 0) is 16.0 Å². The second-order valence-electron chi connectivity index (χ2n) is 3.92. The fraction of sp³-hybridized carbons (Fsp3) is 0.333. The van der Waals surface area contributed by atoms with Gasteiger partial charge in [0, 0.05) is 18.5 Å². The van der Waals surface area contributed by atoms with Crippen LogP contribution in [0.2, 0.25) is 0 Å². The average Bonchev–Trinajstić information content (AvgIpc) is 2.68. The second kappa shape index (κ2) is 4.79. The van der Waals surface area contributed by atoms with E-state index in [4.69, 9.17) is 5.11 Å². The third-order valence-electron chi connectivity index (χ3n) is 2.86. The van der Waals surface area contributed by atoms with Crippen LogP contribution in [0.15, 0.2) is 24.3 Å². The van der Waals surface area contributed by atoms with Crippen molar-refractivity contribution in [2.24, 2.45) is 0 Å². The fourth-order valence-corrected chi connectivity index (χ4v) is 2.30. The van der Waals surface area contributed by atoms with Gasteiger partial charge in [0.05, 0.1) is 0 Å². The third kappa shape index (κ3) is 2.15. The van der Waals surface area contributed by atoms with Gasteiger partial charge in [0.25, 0.3) is 0 Å². The van der Waals surface area contributed by atoms with Crippen LogP contribution in [0, 0.1) is 0 Å². The van der Waals surface area contributed by atoms with Gasteiger partial charge in [-0.25, -0.2) is 4.79 Å². The van der Waals surface area contributed by atoms with E-state index in [1.165, 1.54) is 4.90 Å². The van der Waals surface area contributed by atoms with Crippen molar-refractivity contribution in [3.63, 3.8) is 0 Å². The highest BCUT2D eigenvalue weighted by Crippen LogP contribution is 2.32. The first-order valence-electron chi connectivity index (χ1n) is 5.38. The van der Waals surface area contributed by atoms with E-state index in [2.05, 4.69) is 12.6 Å². The van der Waals surface area contributed by atoms with Crippen molar-refractivity contribution in [1.29, 1.82) is 0 Å². The molecule has 1 aromatic rings. The molecule has 1 aliphatic rings. The Balaban J connectivity index is 2.37. The Morgan fingerprint density at radius 2 is 2.12 bits per heavy atom. The van der Waals surface area contributed by atoms with Crippen LogP contribution in [0.4, 0.5) is 5.69 Å². The van der Waals surface area contributed by atoms with Crippen LogP contribution in [-0.4, -0.2) is 28.8 Å². The van der Waals surface area contributed by atoms with Crippen molar-refractivity contribution in [1.82, 2.24) is 0 Å². The highest BCUT2D eigenvalue weighted by atomic mass is 32.1. The molecule has 17 heavy (non-hydrogen) atoms. The number of carbonyl (C=O) groups excluding carboxylic acids is 1. The summed E-state index contributed by atoms with van der Waals surface area (Å²) in [5.41, 5.74) is 1.62. The summed E-state index contributed by atoms with van der Waals surface area (Å²) < 4.78 is 0. The number of carboxylic acids is 1. The molecule has 5 heteroatoms. The normalized spacial score (nSPS) is 17.9. The van der Waals surface area contributed by atoms with E-state index in [0.717, 1.165) is 5.56 Å². The van der Waals surface area contributed by atoms with E-state index in [1.807, 2.05) is 18.2 Å². The van der Waals surface area contributed by atoms with E-state index >= 15 is 0 Å². The Kier molecular flexibility index (Phi) is 3.38. The molecule has 90 valence electrons. The van der Waals surface area contributed by atoms with Crippen molar-refractivity contribution >= 4 is 30.2 Å². The predicted octanol–water partition coefficient (Wildman–Crippen LogP) is 1.35. The molecule has 1 amide bonds. The zero-order chi connectivity index (χ0) is 12.4. The molecule has 0 unspecified atom stereocenters. The Labute approximate surface area is 105 Å². The highest BCUT2D eigenvalue weighted by molar-refractivity contribution is 7.80. The molecule has 0 saturated carbocycles. The lowest BCUT2D eigenvalue weighted by molar-refractivity contribution is -0.139. The number of benzene rings is 1. The number of hydrogen-bond acceptors (Lipinski definition) is 3. The minimum absolute atomic E-state index is 0.183. The molecule has 0 aliphatic carbocycles. The monoisotopic (exact) mass is 251 g/mol. The molecule has 0 radical (unpaired) electrons. The van der Waals surface area contributed by atoms with Crippen LogP contribution >= 0.6 is 12.6 Å². The van der Waals surface area contributed by atoms with Gasteiger partial charge in [0.15, 0.2) is 0 Å². The summed E-state index contributed by atoms with van der Waals surface area (Å²) in [6, 6.07) is 6.53.